The number of benzene rings is 2. The summed E-state index contributed by atoms with van der Waals surface area (Å²) in [5.74, 6) is -1.79. The van der Waals surface area contributed by atoms with Gasteiger partial charge >= 0.3 is 5.97 Å². The largest absolute Gasteiger partial charge is 0.508 e. The molecule has 2 aromatic carbocycles. The summed E-state index contributed by atoms with van der Waals surface area (Å²) in [5, 5.41) is 18.3. The third-order valence-corrected chi connectivity index (χ3v) is 2.82. The first-order chi connectivity index (χ1) is 9.56. The lowest BCUT2D eigenvalue weighted by molar-refractivity contribution is -0.139. The van der Waals surface area contributed by atoms with Crippen LogP contribution in [0.3, 0.4) is 0 Å². The monoisotopic (exact) mass is 276 g/mol. The second-order valence-corrected chi connectivity index (χ2v) is 4.25. The lowest BCUT2D eigenvalue weighted by Crippen LogP contribution is -2.19. The number of aromatic hydroxyl groups is 1. The van der Waals surface area contributed by atoms with Crippen LogP contribution in [0.4, 0.5) is 4.39 Å². The Bertz CT molecular complexity index is 578. The first-order valence-electron chi connectivity index (χ1n) is 5.96. The minimum absolute atomic E-state index is 0.0776. The summed E-state index contributed by atoms with van der Waals surface area (Å²) in [7, 11) is 0. The Labute approximate surface area is 115 Å². The van der Waals surface area contributed by atoms with Crippen molar-refractivity contribution in [3.63, 3.8) is 0 Å². The van der Waals surface area contributed by atoms with Crippen LogP contribution in [0.15, 0.2) is 48.5 Å². The van der Waals surface area contributed by atoms with Crippen molar-refractivity contribution in [2.75, 3.05) is 6.61 Å². The van der Waals surface area contributed by atoms with E-state index in [-0.39, 0.29) is 12.4 Å². The molecule has 2 N–H and O–H groups in total. The Balaban J connectivity index is 2.08. The fraction of sp³-hybridized carbons (Fsp3) is 0.133. The van der Waals surface area contributed by atoms with E-state index < -0.39 is 17.7 Å². The van der Waals surface area contributed by atoms with Crippen LogP contribution in [0.25, 0.3) is 0 Å². The molecule has 2 rings (SSSR count). The van der Waals surface area contributed by atoms with E-state index in [1.165, 1.54) is 36.4 Å². The first-order valence-corrected chi connectivity index (χ1v) is 5.96. The van der Waals surface area contributed by atoms with Crippen molar-refractivity contribution in [3.8, 4) is 11.5 Å². The normalized spacial score (nSPS) is 11.8. The number of carboxylic acid groups (broad SMARTS) is 1. The Morgan fingerprint density at radius 3 is 2.25 bits per heavy atom. The molecule has 0 aromatic heterocycles. The van der Waals surface area contributed by atoms with Gasteiger partial charge in [-0.05, 0) is 42.0 Å². The maximum atomic E-state index is 12.8. The van der Waals surface area contributed by atoms with Crippen molar-refractivity contribution in [1.29, 1.82) is 0 Å². The molecule has 0 saturated carbocycles. The van der Waals surface area contributed by atoms with E-state index in [0.29, 0.717) is 11.3 Å². The van der Waals surface area contributed by atoms with Gasteiger partial charge in [-0.1, -0.05) is 12.1 Å². The smallest absolute Gasteiger partial charge is 0.314 e. The number of phenols is 1. The van der Waals surface area contributed by atoms with Crippen LogP contribution >= 0.6 is 0 Å². The quantitative estimate of drug-likeness (QED) is 0.881. The molecule has 1 unspecified atom stereocenters. The third kappa shape index (κ3) is 3.47. The summed E-state index contributed by atoms with van der Waals surface area (Å²) in [6.07, 6.45) is 0. The van der Waals surface area contributed by atoms with Crippen molar-refractivity contribution in [2.45, 2.75) is 5.92 Å². The molecule has 0 amide bonds. The predicted octanol–water partition coefficient (Wildman–Crippen LogP) is 2.78. The van der Waals surface area contributed by atoms with Gasteiger partial charge in [0.25, 0.3) is 0 Å². The highest BCUT2D eigenvalue weighted by Gasteiger charge is 2.20. The van der Waals surface area contributed by atoms with Crippen LogP contribution in [0.2, 0.25) is 0 Å². The van der Waals surface area contributed by atoms with Crippen molar-refractivity contribution in [1.82, 2.24) is 0 Å². The molecule has 0 aliphatic heterocycles. The maximum absolute atomic E-state index is 12.8. The topological polar surface area (TPSA) is 66.8 Å². The van der Waals surface area contributed by atoms with Gasteiger partial charge in [0.05, 0.1) is 0 Å². The van der Waals surface area contributed by atoms with Crippen molar-refractivity contribution < 1.29 is 24.1 Å². The number of phenolic OH excluding ortho intramolecular Hbond substituents is 1. The summed E-state index contributed by atoms with van der Waals surface area (Å²) >= 11 is 0. The Morgan fingerprint density at radius 2 is 1.70 bits per heavy atom. The molecule has 5 heteroatoms. The van der Waals surface area contributed by atoms with E-state index >= 15 is 0 Å². The lowest BCUT2D eigenvalue weighted by atomic mass is 10.0. The van der Waals surface area contributed by atoms with Gasteiger partial charge in [-0.3, -0.25) is 4.79 Å². The van der Waals surface area contributed by atoms with Crippen LogP contribution < -0.4 is 4.74 Å². The average Bonchev–Trinajstić information content (AvgIpc) is 2.43. The average molecular weight is 276 g/mol. The standard InChI is InChI=1S/C15H13FO4/c16-11-3-1-10(2-4-11)14(15(18)19)9-20-13-7-5-12(17)6-8-13/h1-8,14,17H,9H2,(H,18,19). The molecule has 0 aliphatic carbocycles. The molecular formula is C15H13FO4. The van der Waals surface area contributed by atoms with Crippen molar-refractivity contribution in [2.24, 2.45) is 0 Å². The van der Waals surface area contributed by atoms with Gasteiger partial charge in [0.1, 0.15) is 29.8 Å². The van der Waals surface area contributed by atoms with Crippen LogP contribution in [0.5, 0.6) is 11.5 Å². The molecule has 20 heavy (non-hydrogen) atoms. The molecule has 0 fully saturated rings. The molecule has 104 valence electrons. The van der Waals surface area contributed by atoms with Gasteiger partial charge < -0.3 is 14.9 Å². The van der Waals surface area contributed by atoms with E-state index in [0.717, 1.165) is 0 Å². The predicted molar refractivity (Wildman–Crippen MR) is 70.4 cm³/mol. The Morgan fingerprint density at radius 1 is 1.10 bits per heavy atom. The fourth-order valence-corrected chi connectivity index (χ4v) is 1.73. The van der Waals surface area contributed by atoms with Crippen molar-refractivity contribution in [3.05, 3.63) is 59.9 Å². The second kappa shape index (κ2) is 6.06. The second-order valence-electron chi connectivity index (χ2n) is 4.25. The van der Waals surface area contributed by atoms with E-state index in [1.54, 1.807) is 12.1 Å². The zero-order valence-electron chi connectivity index (χ0n) is 10.5. The van der Waals surface area contributed by atoms with Crippen LogP contribution in [0.1, 0.15) is 11.5 Å². The zero-order chi connectivity index (χ0) is 14.5. The maximum Gasteiger partial charge on any atom is 0.314 e. The number of rotatable bonds is 5. The summed E-state index contributed by atoms with van der Waals surface area (Å²) in [4.78, 5) is 11.2. The molecule has 0 bridgehead atoms. The van der Waals surface area contributed by atoms with E-state index in [2.05, 4.69) is 0 Å². The van der Waals surface area contributed by atoms with Crippen LogP contribution in [-0.4, -0.2) is 22.8 Å². The van der Waals surface area contributed by atoms with E-state index in [1.807, 2.05) is 0 Å². The number of carboxylic acids is 1. The molecule has 0 aliphatic rings. The summed E-state index contributed by atoms with van der Waals surface area (Å²) < 4.78 is 18.2. The molecule has 0 radical (unpaired) electrons. The highest BCUT2D eigenvalue weighted by molar-refractivity contribution is 5.76. The molecule has 0 spiro atoms. The molecule has 0 heterocycles. The minimum Gasteiger partial charge on any atom is -0.508 e. The third-order valence-electron chi connectivity index (χ3n) is 2.82. The Kier molecular flexibility index (Phi) is 4.20. The molecule has 1 atom stereocenters. The van der Waals surface area contributed by atoms with E-state index in [4.69, 9.17) is 9.84 Å². The molecule has 4 nitrogen and oxygen atoms in total. The lowest BCUT2D eigenvalue weighted by Gasteiger charge is -2.14. The zero-order valence-corrected chi connectivity index (χ0v) is 10.5. The van der Waals surface area contributed by atoms with E-state index in [9.17, 15) is 14.3 Å². The van der Waals surface area contributed by atoms with Gasteiger partial charge in [-0.2, -0.15) is 0 Å². The SMILES string of the molecule is O=C(O)C(COc1ccc(O)cc1)c1ccc(F)cc1. The van der Waals surface area contributed by atoms with Gasteiger partial charge in [0.15, 0.2) is 0 Å². The molecule has 2 aromatic rings. The van der Waals surface area contributed by atoms with Gasteiger partial charge in [0, 0.05) is 0 Å². The van der Waals surface area contributed by atoms with Gasteiger partial charge in [0.2, 0.25) is 0 Å². The highest BCUT2D eigenvalue weighted by Crippen LogP contribution is 2.21. The summed E-state index contributed by atoms with van der Waals surface area (Å²) in [5.41, 5.74) is 0.470. The van der Waals surface area contributed by atoms with Crippen LogP contribution in [-0.2, 0) is 4.79 Å². The van der Waals surface area contributed by atoms with Gasteiger partial charge in [-0.25, -0.2) is 4.39 Å². The number of hydrogen-bond donors (Lipinski definition) is 2. The van der Waals surface area contributed by atoms with Crippen molar-refractivity contribution >= 4 is 5.97 Å². The number of carbonyl (C=O) groups is 1. The Hall–Kier alpha value is -2.56. The summed E-state index contributed by atoms with van der Waals surface area (Å²) in [6.45, 7) is -0.0776. The fourth-order valence-electron chi connectivity index (χ4n) is 1.73. The number of halogens is 1. The van der Waals surface area contributed by atoms with Gasteiger partial charge in [-0.15, -0.1) is 0 Å². The van der Waals surface area contributed by atoms with Crippen LogP contribution in [0, 0.1) is 5.82 Å². The first kappa shape index (κ1) is 13.9. The molecular weight excluding hydrogens is 263 g/mol. The number of aliphatic carboxylic acids is 1. The summed E-state index contributed by atoms with van der Waals surface area (Å²) in [6, 6.07) is 11.3. The number of hydrogen-bond acceptors (Lipinski definition) is 3. The highest BCUT2D eigenvalue weighted by atomic mass is 19.1. The number of ether oxygens (including phenoxy) is 1. The minimum atomic E-state index is -1.05. The molecule has 0 saturated heterocycles.